The maximum Gasteiger partial charge on any atom is 0.310 e. The van der Waals surface area contributed by atoms with Crippen molar-refractivity contribution in [2.75, 3.05) is 0 Å². The summed E-state index contributed by atoms with van der Waals surface area (Å²) >= 11 is 0. The zero-order valence-electron chi connectivity index (χ0n) is 12.3. The molecular formula is C16H13N3O4. The fraction of sp³-hybridized carbons (Fsp3) is 0.125. The van der Waals surface area contributed by atoms with Crippen LogP contribution in [-0.2, 0) is 6.61 Å². The molecule has 2 aromatic carbocycles. The van der Waals surface area contributed by atoms with Crippen molar-refractivity contribution in [3.63, 3.8) is 0 Å². The van der Waals surface area contributed by atoms with Gasteiger partial charge in [0.1, 0.15) is 0 Å². The minimum atomic E-state index is -0.498. The molecule has 0 aliphatic carbocycles. The molecule has 0 spiro atoms. The van der Waals surface area contributed by atoms with Crippen LogP contribution in [0.2, 0.25) is 0 Å². The Balaban J connectivity index is 1.76. The van der Waals surface area contributed by atoms with Gasteiger partial charge in [-0.2, -0.15) is 4.98 Å². The lowest BCUT2D eigenvalue weighted by Crippen LogP contribution is -1.99. The molecule has 0 radical (unpaired) electrons. The van der Waals surface area contributed by atoms with Gasteiger partial charge in [0.15, 0.2) is 12.4 Å². The highest BCUT2D eigenvalue weighted by molar-refractivity contribution is 5.58. The molecule has 0 amide bonds. The molecule has 0 bridgehead atoms. The third kappa shape index (κ3) is 3.18. The summed E-state index contributed by atoms with van der Waals surface area (Å²) in [6.07, 6.45) is 0. The van der Waals surface area contributed by atoms with Gasteiger partial charge in [0.2, 0.25) is 5.82 Å². The summed E-state index contributed by atoms with van der Waals surface area (Å²) in [4.78, 5) is 14.7. The van der Waals surface area contributed by atoms with Crippen LogP contribution >= 0.6 is 0 Å². The first-order chi connectivity index (χ1) is 11.1. The van der Waals surface area contributed by atoms with Crippen molar-refractivity contribution in [2.24, 2.45) is 0 Å². The molecule has 0 saturated carbocycles. The van der Waals surface area contributed by atoms with E-state index < -0.39 is 4.92 Å². The van der Waals surface area contributed by atoms with Crippen molar-refractivity contribution >= 4 is 5.69 Å². The SMILES string of the molecule is Cc1ccccc1-c1noc(COc2ccccc2[N+](=O)[O-])n1. The number of aromatic nitrogens is 2. The Morgan fingerprint density at radius 1 is 1.17 bits per heavy atom. The van der Waals surface area contributed by atoms with E-state index in [2.05, 4.69) is 10.1 Å². The number of rotatable bonds is 5. The predicted octanol–water partition coefficient (Wildman–Crippen LogP) is 3.53. The molecule has 7 heteroatoms. The van der Waals surface area contributed by atoms with Gasteiger partial charge in [-0.25, -0.2) is 0 Å². The summed E-state index contributed by atoms with van der Waals surface area (Å²) < 4.78 is 10.6. The van der Waals surface area contributed by atoms with Gasteiger partial charge in [-0.15, -0.1) is 0 Å². The molecule has 0 unspecified atom stereocenters. The van der Waals surface area contributed by atoms with Crippen molar-refractivity contribution < 1.29 is 14.2 Å². The fourth-order valence-electron chi connectivity index (χ4n) is 2.12. The second-order valence-corrected chi connectivity index (χ2v) is 4.84. The van der Waals surface area contributed by atoms with E-state index in [1.807, 2.05) is 31.2 Å². The number of ether oxygens (including phenoxy) is 1. The monoisotopic (exact) mass is 311 g/mol. The molecule has 0 aliphatic heterocycles. The highest BCUT2D eigenvalue weighted by Crippen LogP contribution is 2.27. The van der Waals surface area contributed by atoms with Crippen LogP contribution in [0.4, 0.5) is 5.69 Å². The number of hydrogen-bond donors (Lipinski definition) is 0. The van der Waals surface area contributed by atoms with Crippen LogP contribution in [0.3, 0.4) is 0 Å². The molecule has 116 valence electrons. The minimum Gasteiger partial charge on any atom is -0.477 e. The Bertz CT molecular complexity index is 845. The average molecular weight is 311 g/mol. The zero-order valence-corrected chi connectivity index (χ0v) is 12.3. The summed E-state index contributed by atoms with van der Waals surface area (Å²) in [5.74, 6) is 0.874. The van der Waals surface area contributed by atoms with Crippen molar-refractivity contribution in [3.05, 3.63) is 70.1 Å². The summed E-state index contributed by atoms with van der Waals surface area (Å²) in [5, 5.41) is 14.9. The third-order valence-corrected chi connectivity index (χ3v) is 3.27. The normalized spacial score (nSPS) is 10.5. The van der Waals surface area contributed by atoms with E-state index in [9.17, 15) is 10.1 Å². The van der Waals surface area contributed by atoms with Crippen LogP contribution in [0.25, 0.3) is 11.4 Å². The van der Waals surface area contributed by atoms with Gasteiger partial charge in [0, 0.05) is 11.6 Å². The van der Waals surface area contributed by atoms with E-state index in [-0.39, 0.29) is 23.9 Å². The number of benzene rings is 2. The van der Waals surface area contributed by atoms with Gasteiger partial charge >= 0.3 is 5.69 Å². The molecule has 23 heavy (non-hydrogen) atoms. The number of hydrogen-bond acceptors (Lipinski definition) is 6. The van der Waals surface area contributed by atoms with Crippen LogP contribution in [-0.4, -0.2) is 15.1 Å². The Kier molecular flexibility index (Phi) is 4.01. The summed E-state index contributed by atoms with van der Waals surface area (Å²) in [6.45, 7) is 1.92. The molecule has 1 aromatic heterocycles. The quantitative estimate of drug-likeness (QED) is 0.528. The zero-order chi connectivity index (χ0) is 16.2. The minimum absolute atomic E-state index is 0.0380. The molecule has 0 aliphatic rings. The predicted molar refractivity (Wildman–Crippen MR) is 81.9 cm³/mol. The van der Waals surface area contributed by atoms with Crippen LogP contribution in [0, 0.1) is 17.0 Å². The van der Waals surface area contributed by atoms with Crippen molar-refractivity contribution in [1.29, 1.82) is 0 Å². The van der Waals surface area contributed by atoms with Gasteiger partial charge in [-0.1, -0.05) is 41.6 Å². The van der Waals surface area contributed by atoms with E-state index in [0.717, 1.165) is 11.1 Å². The standard InChI is InChI=1S/C16H13N3O4/c1-11-6-2-3-7-12(11)16-17-15(23-18-16)10-22-14-9-5-4-8-13(14)19(20)21/h2-9H,10H2,1H3. The van der Waals surface area contributed by atoms with E-state index >= 15 is 0 Å². The lowest BCUT2D eigenvalue weighted by molar-refractivity contribution is -0.386. The molecule has 0 saturated heterocycles. The van der Waals surface area contributed by atoms with Gasteiger partial charge < -0.3 is 9.26 Å². The number of nitrogens with zero attached hydrogens (tertiary/aromatic N) is 3. The summed E-state index contributed by atoms with van der Waals surface area (Å²) in [7, 11) is 0. The lowest BCUT2D eigenvalue weighted by atomic mass is 10.1. The highest BCUT2D eigenvalue weighted by atomic mass is 16.6. The van der Waals surface area contributed by atoms with Crippen LogP contribution in [0.1, 0.15) is 11.5 Å². The van der Waals surface area contributed by atoms with Crippen LogP contribution in [0.5, 0.6) is 5.75 Å². The van der Waals surface area contributed by atoms with Gasteiger partial charge in [0.05, 0.1) is 4.92 Å². The first kappa shape index (κ1) is 14.7. The Labute approximate surface area is 131 Å². The van der Waals surface area contributed by atoms with Crippen LogP contribution in [0.15, 0.2) is 53.1 Å². The second-order valence-electron chi connectivity index (χ2n) is 4.84. The second kappa shape index (κ2) is 6.27. The van der Waals surface area contributed by atoms with E-state index in [1.54, 1.807) is 12.1 Å². The van der Waals surface area contributed by atoms with Gasteiger partial charge in [-0.05, 0) is 18.6 Å². The maximum absolute atomic E-state index is 10.9. The number of nitro groups is 1. The Morgan fingerprint density at radius 3 is 2.70 bits per heavy atom. The van der Waals surface area contributed by atoms with E-state index in [4.69, 9.17) is 9.26 Å². The molecule has 0 N–H and O–H groups in total. The molecule has 0 atom stereocenters. The van der Waals surface area contributed by atoms with Gasteiger partial charge in [-0.3, -0.25) is 10.1 Å². The molecule has 1 heterocycles. The van der Waals surface area contributed by atoms with Crippen molar-refractivity contribution in [3.8, 4) is 17.1 Å². The molecule has 3 aromatic rings. The Hall–Kier alpha value is -3.22. The lowest BCUT2D eigenvalue weighted by Gasteiger charge is -2.03. The first-order valence-corrected chi connectivity index (χ1v) is 6.90. The van der Waals surface area contributed by atoms with Crippen LogP contribution < -0.4 is 4.74 Å². The first-order valence-electron chi connectivity index (χ1n) is 6.90. The maximum atomic E-state index is 10.9. The topological polar surface area (TPSA) is 91.3 Å². The average Bonchev–Trinajstić information content (AvgIpc) is 3.02. The van der Waals surface area contributed by atoms with E-state index in [0.29, 0.717) is 5.82 Å². The smallest absolute Gasteiger partial charge is 0.310 e. The Morgan fingerprint density at radius 2 is 1.91 bits per heavy atom. The van der Waals surface area contributed by atoms with E-state index in [1.165, 1.54) is 12.1 Å². The summed E-state index contributed by atoms with van der Waals surface area (Å²) in [6, 6.07) is 13.8. The molecular weight excluding hydrogens is 298 g/mol. The van der Waals surface area contributed by atoms with Crippen molar-refractivity contribution in [1.82, 2.24) is 10.1 Å². The number of nitro benzene ring substituents is 1. The molecule has 0 fully saturated rings. The van der Waals surface area contributed by atoms with Gasteiger partial charge in [0.25, 0.3) is 5.89 Å². The fourth-order valence-corrected chi connectivity index (χ4v) is 2.12. The molecule has 3 rings (SSSR count). The molecule has 7 nitrogen and oxygen atoms in total. The largest absolute Gasteiger partial charge is 0.477 e. The summed E-state index contributed by atoms with van der Waals surface area (Å²) in [5.41, 5.74) is 1.79. The highest BCUT2D eigenvalue weighted by Gasteiger charge is 2.16. The number of aryl methyl sites for hydroxylation is 1. The number of para-hydroxylation sites is 2. The third-order valence-electron chi connectivity index (χ3n) is 3.27. The van der Waals surface area contributed by atoms with Crippen molar-refractivity contribution in [2.45, 2.75) is 13.5 Å².